The number of fused-ring (bicyclic) bond motifs is 1. The van der Waals surface area contributed by atoms with E-state index in [9.17, 15) is 0 Å². The first-order valence-electron chi connectivity index (χ1n) is 25.5. The maximum Gasteiger partial charge on any atom is 0.157 e. The molecule has 0 saturated heterocycles. The molecular weight excluding hydrogens is 731 g/mol. The van der Waals surface area contributed by atoms with Gasteiger partial charge in [0.15, 0.2) is 6.29 Å². The van der Waals surface area contributed by atoms with Gasteiger partial charge in [0.25, 0.3) is 0 Å². The molecule has 0 atom stereocenters. The van der Waals surface area contributed by atoms with E-state index in [4.69, 9.17) is 9.47 Å². The van der Waals surface area contributed by atoms with E-state index in [1.807, 2.05) is 0 Å². The van der Waals surface area contributed by atoms with Gasteiger partial charge in [-0.3, -0.25) is 4.48 Å². The number of ether oxygens (including phenoxy) is 2. The minimum Gasteiger partial charge on any atom is -0.353 e. The van der Waals surface area contributed by atoms with Gasteiger partial charge in [0.05, 0.1) is 14.1 Å². The van der Waals surface area contributed by atoms with Crippen molar-refractivity contribution in [3.8, 4) is 0 Å². The molecule has 0 bridgehead atoms. The minimum absolute atomic E-state index is 0.155. The number of nitrogens with zero attached hydrogens (tertiary/aromatic N) is 1. The Morgan fingerprint density at radius 2 is 0.833 bits per heavy atom. The highest BCUT2D eigenvalue weighted by molar-refractivity contribution is 5.94. The molecule has 0 radical (unpaired) electrons. The van der Waals surface area contributed by atoms with Gasteiger partial charge in [0.1, 0.15) is 11.4 Å². The molecule has 0 aliphatic carbocycles. The maximum absolute atomic E-state index is 6.54. The van der Waals surface area contributed by atoms with Crippen LogP contribution in [-0.2, 0) is 15.9 Å². The summed E-state index contributed by atoms with van der Waals surface area (Å²) in [5.41, 5.74) is 4.04. The number of benzene rings is 3. The van der Waals surface area contributed by atoms with Crippen molar-refractivity contribution >= 4 is 22.1 Å². The van der Waals surface area contributed by atoms with Crippen molar-refractivity contribution in [3.63, 3.8) is 0 Å². The van der Waals surface area contributed by atoms with Gasteiger partial charge in [0.2, 0.25) is 0 Å². The molecule has 0 N–H and O–H groups in total. The summed E-state index contributed by atoms with van der Waals surface area (Å²) in [4.78, 5) is 0. The number of rotatable bonds is 39. The van der Waals surface area contributed by atoms with Gasteiger partial charge >= 0.3 is 0 Å². The van der Waals surface area contributed by atoms with Crippen molar-refractivity contribution < 1.29 is 9.47 Å². The standard InChI is InChI=1S/C57H92NO2/c1-5-7-9-11-13-15-17-19-21-23-25-27-29-31-33-39-50-59-57(60-51-40-34-32-30-28-26-24-22-20-18-16-14-12-10-8-6-2)49-48-53-43-36-38-46-55(53)58(3,4)56-47-41-44-52-42-35-37-45-54(52)56/h19-22,35-38,41-47,57H,5-18,23-34,39-40,48-51H2,1-4H3/q+1/b21-19-,22-20-. The van der Waals surface area contributed by atoms with Crippen molar-refractivity contribution in [2.24, 2.45) is 0 Å². The molecule has 0 unspecified atom stereocenters. The monoisotopic (exact) mass is 823 g/mol. The number of hydrogen-bond acceptors (Lipinski definition) is 2. The summed E-state index contributed by atoms with van der Waals surface area (Å²) in [7, 11) is 4.65. The highest BCUT2D eigenvalue weighted by Gasteiger charge is 2.28. The number of hydrogen-bond donors (Lipinski definition) is 0. The van der Waals surface area contributed by atoms with Crippen LogP contribution in [0.1, 0.15) is 206 Å². The zero-order valence-electron chi connectivity index (χ0n) is 39.6. The van der Waals surface area contributed by atoms with Crippen molar-refractivity contribution in [1.29, 1.82) is 0 Å². The van der Waals surface area contributed by atoms with Gasteiger partial charge in [-0.05, 0) is 88.1 Å². The Bertz CT molecular complexity index is 1460. The third-order valence-corrected chi connectivity index (χ3v) is 12.5. The van der Waals surface area contributed by atoms with Gasteiger partial charge in [-0.15, -0.1) is 0 Å². The van der Waals surface area contributed by atoms with Crippen LogP contribution in [-0.4, -0.2) is 33.6 Å². The lowest BCUT2D eigenvalue weighted by molar-refractivity contribution is -0.147. The van der Waals surface area contributed by atoms with Crippen LogP contribution in [0.25, 0.3) is 10.8 Å². The number of para-hydroxylation sites is 1. The Hall–Kier alpha value is -2.72. The van der Waals surface area contributed by atoms with Crippen LogP contribution >= 0.6 is 0 Å². The summed E-state index contributed by atoms with van der Waals surface area (Å²) in [6.07, 6.45) is 48.4. The van der Waals surface area contributed by atoms with E-state index in [0.29, 0.717) is 4.48 Å². The van der Waals surface area contributed by atoms with Crippen molar-refractivity contribution in [2.75, 3.05) is 27.3 Å². The number of allylic oxidation sites excluding steroid dienone is 4. The SMILES string of the molecule is CCCCCCCC/C=C\CCCCCCCCOC(CCc1ccccc1[N+](C)(C)c1cccc2ccccc12)OCCCCCCCC/C=C\CCCCCCCC. The van der Waals surface area contributed by atoms with Crippen molar-refractivity contribution in [1.82, 2.24) is 4.48 Å². The van der Waals surface area contributed by atoms with Gasteiger partial charge in [-0.2, -0.15) is 0 Å². The fourth-order valence-electron chi connectivity index (χ4n) is 8.71. The summed E-state index contributed by atoms with van der Waals surface area (Å²) in [5, 5.41) is 2.61. The molecule has 0 amide bonds. The van der Waals surface area contributed by atoms with Crippen molar-refractivity contribution in [2.45, 2.75) is 213 Å². The van der Waals surface area contributed by atoms with Crippen LogP contribution in [0.2, 0.25) is 0 Å². The Morgan fingerprint density at radius 1 is 0.433 bits per heavy atom. The summed E-state index contributed by atoms with van der Waals surface area (Å²) in [6, 6.07) is 24.5. The Kier molecular flexibility index (Phi) is 30.0. The molecule has 336 valence electrons. The molecule has 0 fully saturated rings. The van der Waals surface area contributed by atoms with Gasteiger partial charge in [0, 0.05) is 36.7 Å². The summed E-state index contributed by atoms with van der Waals surface area (Å²) in [5.74, 6) is 0. The lowest BCUT2D eigenvalue weighted by Crippen LogP contribution is -2.35. The average Bonchev–Trinajstić information content (AvgIpc) is 3.27. The van der Waals surface area contributed by atoms with Crippen LogP contribution in [0.3, 0.4) is 0 Å². The second-order valence-corrected chi connectivity index (χ2v) is 18.2. The van der Waals surface area contributed by atoms with Crippen LogP contribution in [0.15, 0.2) is 91.0 Å². The Balaban J connectivity index is 1.39. The van der Waals surface area contributed by atoms with E-state index in [2.05, 4.69) is 119 Å². The first kappa shape index (κ1) is 51.6. The quantitative estimate of drug-likeness (QED) is 0.0247. The average molecular weight is 823 g/mol. The number of aryl methyl sites for hydroxylation is 1. The fourth-order valence-corrected chi connectivity index (χ4v) is 8.71. The molecule has 0 spiro atoms. The minimum atomic E-state index is -0.155. The van der Waals surface area contributed by atoms with E-state index in [1.54, 1.807) is 0 Å². The highest BCUT2D eigenvalue weighted by Crippen LogP contribution is 2.38. The van der Waals surface area contributed by atoms with Crippen LogP contribution < -0.4 is 4.48 Å². The second kappa shape index (κ2) is 34.8. The molecule has 0 aromatic heterocycles. The van der Waals surface area contributed by atoms with E-state index in [-0.39, 0.29) is 6.29 Å². The predicted molar refractivity (Wildman–Crippen MR) is 267 cm³/mol. The smallest absolute Gasteiger partial charge is 0.157 e. The molecule has 3 rings (SSSR count). The molecule has 3 aromatic carbocycles. The molecule has 0 aliphatic rings. The molecule has 3 nitrogen and oxygen atoms in total. The van der Waals surface area contributed by atoms with Gasteiger partial charge in [-0.25, -0.2) is 0 Å². The zero-order valence-corrected chi connectivity index (χ0v) is 39.6. The highest BCUT2D eigenvalue weighted by atomic mass is 16.7. The van der Waals surface area contributed by atoms with E-state index < -0.39 is 0 Å². The van der Waals surface area contributed by atoms with E-state index >= 15 is 0 Å². The molecule has 60 heavy (non-hydrogen) atoms. The lowest BCUT2D eigenvalue weighted by Gasteiger charge is -2.32. The zero-order chi connectivity index (χ0) is 42.6. The third-order valence-electron chi connectivity index (χ3n) is 12.5. The normalized spacial score (nSPS) is 12.3. The molecule has 3 aromatic rings. The van der Waals surface area contributed by atoms with Gasteiger partial charge < -0.3 is 9.47 Å². The fraction of sp³-hybridized carbons (Fsp3) is 0.649. The first-order chi connectivity index (χ1) is 29.6. The van der Waals surface area contributed by atoms with Crippen molar-refractivity contribution in [3.05, 3.63) is 96.6 Å². The van der Waals surface area contributed by atoms with Gasteiger partial charge in [-0.1, -0.05) is 202 Å². The predicted octanol–water partition coefficient (Wildman–Crippen LogP) is 18.1. The summed E-state index contributed by atoms with van der Waals surface area (Å²) < 4.78 is 13.8. The maximum atomic E-state index is 6.54. The molecule has 0 aliphatic heterocycles. The topological polar surface area (TPSA) is 18.5 Å². The second-order valence-electron chi connectivity index (χ2n) is 18.2. The third kappa shape index (κ3) is 22.9. The van der Waals surface area contributed by atoms with Crippen LogP contribution in [0, 0.1) is 0 Å². The number of unbranched alkanes of at least 4 members (excludes halogenated alkanes) is 24. The first-order valence-corrected chi connectivity index (χ1v) is 25.5. The molecule has 3 heteroatoms. The van der Waals surface area contributed by atoms with Crippen LogP contribution in [0.4, 0.5) is 11.4 Å². The van der Waals surface area contributed by atoms with E-state index in [1.165, 1.54) is 195 Å². The Labute approximate surface area is 371 Å². The molecule has 0 heterocycles. The summed E-state index contributed by atoms with van der Waals surface area (Å²) in [6.45, 7) is 6.17. The molecular formula is C57H92NO2+. The molecule has 0 saturated carbocycles. The van der Waals surface area contributed by atoms with E-state index in [0.717, 1.165) is 38.9 Å². The Morgan fingerprint density at radius 3 is 1.35 bits per heavy atom. The lowest BCUT2D eigenvalue weighted by atomic mass is 10.0. The number of quaternary nitrogens is 1. The van der Waals surface area contributed by atoms with Crippen LogP contribution in [0.5, 0.6) is 0 Å². The largest absolute Gasteiger partial charge is 0.353 e. The summed E-state index contributed by atoms with van der Waals surface area (Å²) >= 11 is 0.